The molecule has 0 aliphatic heterocycles. The van der Waals surface area contributed by atoms with Crippen molar-refractivity contribution in [3.8, 4) is 5.75 Å². The molecule has 0 radical (unpaired) electrons. The molecule has 0 aromatic heterocycles. The van der Waals surface area contributed by atoms with E-state index in [4.69, 9.17) is 16.3 Å². The van der Waals surface area contributed by atoms with Crippen molar-refractivity contribution in [3.05, 3.63) is 63.1 Å². The Bertz CT molecular complexity index is 594. The number of hydrogen-bond acceptors (Lipinski definition) is 2. The molecule has 0 spiro atoms. The predicted molar refractivity (Wildman–Crippen MR) is 80.2 cm³/mol. The normalized spacial score (nSPS) is 10.3. The molecule has 2 rings (SSSR count). The molecule has 98 valence electrons. The lowest BCUT2D eigenvalue weighted by molar-refractivity contribution is 0.0921. The van der Waals surface area contributed by atoms with Crippen LogP contribution in [0.25, 0.3) is 0 Å². The van der Waals surface area contributed by atoms with Crippen LogP contribution < -0.4 is 4.74 Å². The Kier molecular flexibility index (Phi) is 4.61. The summed E-state index contributed by atoms with van der Waals surface area (Å²) in [5, 5.41) is 0.486. The number of carbonyl (C=O) groups excluding carboxylic acids is 1. The molecule has 0 aliphatic carbocycles. The van der Waals surface area contributed by atoms with Crippen LogP contribution in [0.4, 0.5) is 0 Å². The Hall–Kier alpha value is -1.32. The van der Waals surface area contributed by atoms with E-state index in [-0.39, 0.29) is 12.4 Å². The van der Waals surface area contributed by atoms with E-state index in [0.717, 1.165) is 10.0 Å². The second-order valence-corrected chi connectivity index (χ2v) is 5.48. The number of benzene rings is 2. The van der Waals surface area contributed by atoms with Gasteiger partial charge in [0, 0.05) is 10.0 Å². The first-order valence-corrected chi connectivity index (χ1v) is 6.91. The third-order valence-electron chi connectivity index (χ3n) is 2.63. The largest absolute Gasteiger partial charge is 0.484 e. The summed E-state index contributed by atoms with van der Waals surface area (Å²) in [6.45, 7) is 1.95. The number of ketones is 1. The molecule has 0 N–H and O–H groups in total. The van der Waals surface area contributed by atoms with Crippen molar-refractivity contribution < 1.29 is 9.53 Å². The Labute approximate surface area is 125 Å². The minimum Gasteiger partial charge on any atom is -0.484 e. The van der Waals surface area contributed by atoms with Crippen LogP contribution in [0.15, 0.2) is 46.9 Å². The van der Waals surface area contributed by atoms with Crippen molar-refractivity contribution in [2.75, 3.05) is 6.61 Å². The molecular weight excluding hydrogens is 328 g/mol. The van der Waals surface area contributed by atoms with Crippen molar-refractivity contribution in [3.63, 3.8) is 0 Å². The van der Waals surface area contributed by atoms with Crippen LogP contribution in [-0.2, 0) is 0 Å². The first kappa shape index (κ1) is 14.1. The Balaban J connectivity index is 2.04. The Morgan fingerprint density at radius 3 is 2.58 bits per heavy atom. The van der Waals surface area contributed by atoms with E-state index in [0.29, 0.717) is 16.3 Å². The second kappa shape index (κ2) is 6.22. The van der Waals surface area contributed by atoms with E-state index >= 15 is 0 Å². The maximum Gasteiger partial charge on any atom is 0.200 e. The first-order valence-electron chi connectivity index (χ1n) is 5.74. The highest BCUT2D eigenvalue weighted by Crippen LogP contribution is 2.27. The third-order valence-corrected chi connectivity index (χ3v) is 3.43. The fraction of sp³-hybridized carbons (Fsp3) is 0.133. The van der Waals surface area contributed by atoms with Crippen molar-refractivity contribution in [1.82, 2.24) is 0 Å². The molecule has 19 heavy (non-hydrogen) atoms. The lowest BCUT2D eigenvalue weighted by Gasteiger charge is -2.08. The lowest BCUT2D eigenvalue weighted by Crippen LogP contribution is -2.11. The summed E-state index contributed by atoms with van der Waals surface area (Å²) in [7, 11) is 0. The minimum atomic E-state index is -0.0731. The summed E-state index contributed by atoms with van der Waals surface area (Å²) in [6, 6.07) is 12.7. The second-order valence-electron chi connectivity index (χ2n) is 4.15. The number of carbonyl (C=O) groups is 1. The van der Waals surface area contributed by atoms with Gasteiger partial charge in [0.1, 0.15) is 5.75 Å². The van der Waals surface area contributed by atoms with E-state index in [9.17, 15) is 4.79 Å². The SMILES string of the molecule is Cc1ccc(C(=O)COc2cc(Br)ccc2Cl)cc1. The number of Topliss-reactive ketones (excluding diaryl/α,β-unsaturated/α-hetero) is 1. The standard InChI is InChI=1S/C15H12BrClO2/c1-10-2-4-11(5-3-10)14(18)9-19-15-8-12(16)6-7-13(15)17/h2-8H,9H2,1H3. The fourth-order valence-corrected chi connectivity index (χ4v) is 2.07. The first-order chi connectivity index (χ1) is 9.06. The number of rotatable bonds is 4. The average molecular weight is 340 g/mol. The lowest BCUT2D eigenvalue weighted by atomic mass is 10.1. The van der Waals surface area contributed by atoms with Gasteiger partial charge < -0.3 is 4.74 Å². The molecule has 0 fully saturated rings. The zero-order valence-corrected chi connectivity index (χ0v) is 12.7. The van der Waals surface area contributed by atoms with Gasteiger partial charge in [0.2, 0.25) is 0 Å². The summed E-state index contributed by atoms with van der Waals surface area (Å²) in [6.07, 6.45) is 0. The van der Waals surface area contributed by atoms with E-state index in [1.54, 1.807) is 24.3 Å². The average Bonchev–Trinajstić information content (AvgIpc) is 2.40. The summed E-state index contributed by atoms with van der Waals surface area (Å²) in [5.74, 6) is 0.424. The van der Waals surface area contributed by atoms with Gasteiger partial charge in [0.25, 0.3) is 0 Å². The van der Waals surface area contributed by atoms with Crippen LogP contribution in [0, 0.1) is 6.92 Å². The summed E-state index contributed by atoms with van der Waals surface area (Å²) in [4.78, 5) is 11.9. The fourth-order valence-electron chi connectivity index (χ4n) is 1.55. The molecule has 0 bridgehead atoms. The minimum absolute atomic E-state index is 0.0285. The van der Waals surface area contributed by atoms with Gasteiger partial charge in [-0.15, -0.1) is 0 Å². The topological polar surface area (TPSA) is 26.3 Å². The number of halogens is 2. The molecule has 0 atom stereocenters. The molecule has 0 unspecified atom stereocenters. The van der Waals surface area contributed by atoms with E-state index in [2.05, 4.69) is 15.9 Å². The van der Waals surface area contributed by atoms with Crippen LogP contribution in [-0.4, -0.2) is 12.4 Å². The Morgan fingerprint density at radius 2 is 1.89 bits per heavy atom. The van der Waals surface area contributed by atoms with Crippen molar-refractivity contribution in [1.29, 1.82) is 0 Å². The highest BCUT2D eigenvalue weighted by atomic mass is 79.9. The smallest absolute Gasteiger partial charge is 0.200 e. The molecular formula is C15H12BrClO2. The highest BCUT2D eigenvalue weighted by Gasteiger charge is 2.08. The number of hydrogen-bond donors (Lipinski definition) is 0. The monoisotopic (exact) mass is 338 g/mol. The highest BCUT2D eigenvalue weighted by molar-refractivity contribution is 9.10. The molecule has 2 aromatic rings. The molecule has 0 heterocycles. The summed E-state index contributed by atoms with van der Waals surface area (Å²) < 4.78 is 6.31. The zero-order chi connectivity index (χ0) is 13.8. The number of aryl methyl sites for hydroxylation is 1. The molecule has 2 nitrogen and oxygen atoms in total. The maximum atomic E-state index is 11.9. The molecule has 0 amide bonds. The predicted octanol–water partition coefficient (Wildman–Crippen LogP) is 4.67. The maximum absolute atomic E-state index is 11.9. The Morgan fingerprint density at radius 1 is 1.21 bits per heavy atom. The van der Waals surface area contributed by atoms with Gasteiger partial charge in [0.05, 0.1) is 5.02 Å². The van der Waals surface area contributed by atoms with E-state index < -0.39 is 0 Å². The van der Waals surface area contributed by atoms with Crippen molar-refractivity contribution >= 4 is 33.3 Å². The zero-order valence-electron chi connectivity index (χ0n) is 10.3. The number of ether oxygens (including phenoxy) is 1. The van der Waals surface area contributed by atoms with Gasteiger partial charge in [0.15, 0.2) is 12.4 Å². The summed E-state index contributed by atoms with van der Waals surface area (Å²) >= 11 is 9.32. The van der Waals surface area contributed by atoms with Gasteiger partial charge in [-0.25, -0.2) is 0 Å². The van der Waals surface area contributed by atoms with Crippen LogP contribution in [0.2, 0.25) is 5.02 Å². The molecule has 0 saturated carbocycles. The van der Waals surface area contributed by atoms with Crippen LogP contribution in [0.5, 0.6) is 5.75 Å². The van der Waals surface area contributed by atoms with Gasteiger partial charge in [-0.1, -0.05) is 57.4 Å². The van der Waals surface area contributed by atoms with Crippen molar-refractivity contribution in [2.45, 2.75) is 6.92 Å². The van der Waals surface area contributed by atoms with Gasteiger partial charge in [-0.05, 0) is 25.1 Å². The quantitative estimate of drug-likeness (QED) is 0.757. The van der Waals surface area contributed by atoms with Crippen molar-refractivity contribution in [2.24, 2.45) is 0 Å². The third kappa shape index (κ3) is 3.82. The molecule has 0 saturated heterocycles. The summed E-state index contributed by atoms with van der Waals surface area (Å²) in [5.41, 5.74) is 1.75. The van der Waals surface area contributed by atoms with Crippen LogP contribution in [0.3, 0.4) is 0 Å². The van der Waals surface area contributed by atoms with E-state index in [1.165, 1.54) is 0 Å². The van der Waals surface area contributed by atoms with Gasteiger partial charge in [-0.3, -0.25) is 4.79 Å². The van der Waals surface area contributed by atoms with Gasteiger partial charge in [-0.2, -0.15) is 0 Å². The van der Waals surface area contributed by atoms with Gasteiger partial charge >= 0.3 is 0 Å². The van der Waals surface area contributed by atoms with Crippen LogP contribution in [0.1, 0.15) is 15.9 Å². The molecule has 4 heteroatoms. The van der Waals surface area contributed by atoms with E-state index in [1.807, 2.05) is 25.1 Å². The molecule has 0 aliphatic rings. The molecule has 2 aromatic carbocycles. The van der Waals surface area contributed by atoms with Crippen LogP contribution >= 0.6 is 27.5 Å².